The van der Waals surface area contributed by atoms with Crippen molar-refractivity contribution < 1.29 is 14.4 Å². The van der Waals surface area contributed by atoms with E-state index in [2.05, 4.69) is 36.6 Å². The molecule has 2 aromatic carbocycles. The van der Waals surface area contributed by atoms with Gasteiger partial charge in [0.05, 0.1) is 6.04 Å². The Morgan fingerprint density at radius 2 is 1.69 bits per heavy atom. The predicted octanol–water partition coefficient (Wildman–Crippen LogP) is 4.31. The highest BCUT2D eigenvalue weighted by Crippen LogP contribution is 2.33. The molecule has 2 aromatic rings. The number of carbonyl (C=O) groups is 3. The zero-order valence-corrected chi connectivity index (χ0v) is 19.4. The van der Waals surface area contributed by atoms with Crippen molar-refractivity contribution in [3.8, 4) is 0 Å². The van der Waals surface area contributed by atoms with Crippen LogP contribution in [0.1, 0.15) is 63.3 Å². The lowest BCUT2D eigenvalue weighted by molar-refractivity contribution is -0.135. The van der Waals surface area contributed by atoms with Crippen LogP contribution in [0.3, 0.4) is 0 Å². The van der Waals surface area contributed by atoms with Gasteiger partial charge in [-0.15, -0.1) is 0 Å². The Kier molecular flexibility index (Phi) is 7.33. The van der Waals surface area contributed by atoms with Crippen LogP contribution in [0, 0.1) is 5.92 Å². The van der Waals surface area contributed by atoms with Gasteiger partial charge in [0.1, 0.15) is 12.1 Å². The molecule has 0 spiro atoms. The molecule has 2 N–H and O–H groups in total. The SMILES string of the molecule is CCCC1(c2ccccc2)NC(=O)N(CC(=O)NC(C)c2ccc(CC(C)C)cc2)C1=O. The number of imide groups is 1. The second-order valence-corrected chi connectivity index (χ2v) is 8.97. The van der Waals surface area contributed by atoms with E-state index in [0.717, 1.165) is 22.4 Å². The summed E-state index contributed by atoms with van der Waals surface area (Å²) >= 11 is 0. The molecule has 1 aliphatic rings. The molecule has 0 saturated carbocycles. The predicted molar refractivity (Wildman–Crippen MR) is 125 cm³/mol. The summed E-state index contributed by atoms with van der Waals surface area (Å²) in [6.07, 6.45) is 2.19. The van der Waals surface area contributed by atoms with E-state index in [1.165, 1.54) is 5.56 Å². The summed E-state index contributed by atoms with van der Waals surface area (Å²) in [6, 6.07) is 16.6. The Morgan fingerprint density at radius 3 is 2.28 bits per heavy atom. The molecule has 32 heavy (non-hydrogen) atoms. The third kappa shape index (κ3) is 5.01. The first-order valence-electron chi connectivity index (χ1n) is 11.3. The number of rotatable bonds is 9. The van der Waals surface area contributed by atoms with Crippen molar-refractivity contribution >= 4 is 17.8 Å². The van der Waals surface area contributed by atoms with E-state index in [1.54, 1.807) is 0 Å². The lowest BCUT2D eigenvalue weighted by Gasteiger charge is -2.27. The molecule has 6 heteroatoms. The van der Waals surface area contributed by atoms with Gasteiger partial charge < -0.3 is 10.6 Å². The van der Waals surface area contributed by atoms with Crippen LogP contribution < -0.4 is 10.6 Å². The van der Waals surface area contributed by atoms with Crippen LogP contribution in [-0.2, 0) is 21.5 Å². The summed E-state index contributed by atoms with van der Waals surface area (Å²) in [5.41, 5.74) is 1.85. The highest BCUT2D eigenvalue weighted by molar-refractivity contribution is 6.09. The van der Waals surface area contributed by atoms with Crippen molar-refractivity contribution in [3.05, 3.63) is 71.3 Å². The van der Waals surface area contributed by atoms with Gasteiger partial charge in [-0.25, -0.2) is 4.79 Å². The molecular weight excluding hydrogens is 402 g/mol. The minimum absolute atomic E-state index is 0.231. The van der Waals surface area contributed by atoms with Crippen molar-refractivity contribution in [2.24, 2.45) is 5.92 Å². The fraction of sp³-hybridized carbons (Fsp3) is 0.423. The Labute approximate surface area is 190 Å². The first-order valence-corrected chi connectivity index (χ1v) is 11.3. The maximum absolute atomic E-state index is 13.3. The van der Waals surface area contributed by atoms with Crippen LogP contribution in [0.2, 0.25) is 0 Å². The molecule has 170 valence electrons. The van der Waals surface area contributed by atoms with E-state index >= 15 is 0 Å². The zero-order chi connectivity index (χ0) is 23.3. The average Bonchev–Trinajstić information content (AvgIpc) is 2.99. The van der Waals surface area contributed by atoms with E-state index in [1.807, 2.05) is 56.3 Å². The highest BCUT2D eigenvalue weighted by Gasteiger charge is 2.52. The number of carbonyl (C=O) groups excluding carboxylic acids is 3. The number of nitrogens with zero attached hydrogens (tertiary/aromatic N) is 1. The fourth-order valence-corrected chi connectivity index (χ4v) is 4.30. The molecule has 0 radical (unpaired) electrons. The summed E-state index contributed by atoms with van der Waals surface area (Å²) in [5.74, 6) is -0.165. The summed E-state index contributed by atoms with van der Waals surface area (Å²) in [6.45, 7) is 7.91. The summed E-state index contributed by atoms with van der Waals surface area (Å²) in [4.78, 5) is 39.7. The van der Waals surface area contributed by atoms with Crippen LogP contribution in [0.5, 0.6) is 0 Å². The van der Waals surface area contributed by atoms with Gasteiger partial charge in [0.2, 0.25) is 5.91 Å². The number of hydrogen-bond donors (Lipinski definition) is 2. The van der Waals surface area contributed by atoms with Crippen LogP contribution >= 0.6 is 0 Å². The van der Waals surface area contributed by atoms with E-state index in [4.69, 9.17) is 0 Å². The fourth-order valence-electron chi connectivity index (χ4n) is 4.30. The van der Waals surface area contributed by atoms with Crippen LogP contribution in [0.25, 0.3) is 0 Å². The van der Waals surface area contributed by atoms with Gasteiger partial charge in [0, 0.05) is 0 Å². The third-order valence-corrected chi connectivity index (χ3v) is 5.87. The van der Waals surface area contributed by atoms with Crippen molar-refractivity contribution in [1.82, 2.24) is 15.5 Å². The lowest BCUT2D eigenvalue weighted by Crippen LogP contribution is -2.45. The molecule has 1 fully saturated rings. The van der Waals surface area contributed by atoms with E-state index in [0.29, 0.717) is 18.8 Å². The van der Waals surface area contributed by atoms with Gasteiger partial charge >= 0.3 is 6.03 Å². The van der Waals surface area contributed by atoms with Gasteiger partial charge in [-0.3, -0.25) is 14.5 Å². The summed E-state index contributed by atoms with van der Waals surface area (Å²) in [5, 5.41) is 5.76. The standard InChI is InChI=1S/C26H33N3O3/c1-5-15-26(22-9-7-6-8-10-22)24(31)29(25(32)28-26)17-23(30)27-19(4)21-13-11-20(12-14-21)16-18(2)3/h6-14,18-19H,5,15-17H2,1-4H3,(H,27,30)(H,28,32). The number of amides is 4. The number of hydrogen-bond acceptors (Lipinski definition) is 3. The van der Waals surface area contributed by atoms with E-state index < -0.39 is 11.6 Å². The van der Waals surface area contributed by atoms with Gasteiger partial charge in [-0.05, 0) is 42.4 Å². The minimum Gasteiger partial charge on any atom is -0.348 e. The molecule has 2 atom stereocenters. The molecule has 2 unspecified atom stereocenters. The normalized spacial score (nSPS) is 19.2. The molecular formula is C26H33N3O3. The number of nitrogens with one attached hydrogen (secondary N) is 2. The highest BCUT2D eigenvalue weighted by atomic mass is 16.2. The molecule has 0 aromatic heterocycles. The number of urea groups is 1. The van der Waals surface area contributed by atoms with E-state index in [-0.39, 0.29) is 24.4 Å². The second kappa shape index (κ2) is 9.98. The molecule has 4 amide bonds. The minimum atomic E-state index is -1.12. The maximum atomic E-state index is 13.3. The van der Waals surface area contributed by atoms with Crippen molar-refractivity contribution in [3.63, 3.8) is 0 Å². The van der Waals surface area contributed by atoms with Crippen molar-refractivity contribution in [2.75, 3.05) is 6.54 Å². The van der Waals surface area contributed by atoms with Gasteiger partial charge in [-0.2, -0.15) is 0 Å². The smallest absolute Gasteiger partial charge is 0.325 e. The molecule has 3 rings (SSSR count). The van der Waals surface area contributed by atoms with Crippen molar-refractivity contribution in [1.29, 1.82) is 0 Å². The van der Waals surface area contributed by atoms with Crippen LogP contribution in [-0.4, -0.2) is 29.3 Å². The first kappa shape index (κ1) is 23.5. The topological polar surface area (TPSA) is 78.5 Å². The molecule has 1 aliphatic heterocycles. The Bertz CT molecular complexity index is 956. The van der Waals surface area contributed by atoms with Gasteiger partial charge in [0.25, 0.3) is 5.91 Å². The number of benzene rings is 2. The third-order valence-electron chi connectivity index (χ3n) is 5.87. The molecule has 0 aliphatic carbocycles. The molecule has 0 bridgehead atoms. The van der Waals surface area contributed by atoms with Crippen LogP contribution in [0.4, 0.5) is 4.79 Å². The molecule has 6 nitrogen and oxygen atoms in total. The molecule has 1 saturated heterocycles. The zero-order valence-electron chi connectivity index (χ0n) is 19.4. The Balaban J connectivity index is 1.68. The quantitative estimate of drug-likeness (QED) is 0.576. The monoisotopic (exact) mass is 435 g/mol. The Morgan fingerprint density at radius 1 is 1.03 bits per heavy atom. The second-order valence-electron chi connectivity index (χ2n) is 8.97. The lowest BCUT2D eigenvalue weighted by atomic mass is 9.85. The van der Waals surface area contributed by atoms with E-state index in [9.17, 15) is 14.4 Å². The summed E-state index contributed by atoms with van der Waals surface area (Å²) < 4.78 is 0. The first-order chi connectivity index (χ1) is 15.3. The molecule has 1 heterocycles. The van der Waals surface area contributed by atoms with Crippen molar-refractivity contribution in [2.45, 2.75) is 58.5 Å². The Hall–Kier alpha value is -3.15. The average molecular weight is 436 g/mol. The maximum Gasteiger partial charge on any atom is 0.325 e. The van der Waals surface area contributed by atoms with Crippen LogP contribution in [0.15, 0.2) is 54.6 Å². The summed E-state index contributed by atoms with van der Waals surface area (Å²) in [7, 11) is 0. The van der Waals surface area contributed by atoms with Gasteiger partial charge in [-0.1, -0.05) is 81.8 Å². The largest absolute Gasteiger partial charge is 0.348 e. The van der Waals surface area contributed by atoms with Gasteiger partial charge in [0.15, 0.2) is 0 Å².